The molecule has 1 atom stereocenters. The van der Waals surface area contributed by atoms with Gasteiger partial charge in [-0.05, 0) is 12.3 Å². The van der Waals surface area contributed by atoms with Crippen LogP contribution in [0.15, 0.2) is 0 Å². The Hall–Kier alpha value is -0.860. The average molecular weight is 183 g/mol. The molecule has 1 fully saturated rings. The summed E-state index contributed by atoms with van der Waals surface area (Å²) in [6.45, 7) is 4.74. The molecule has 1 rings (SSSR count). The third-order valence-electron chi connectivity index (χ3n) is 2.57. The van der Waals surface area contributed by atoms with Gasteiger partial charge in [-0.3, -0.25) is 14.5 Å². The van der Waals surface area contributed by atoms with Crippen LogP contribution in [0.4, 0.5) is 0 Å². The molecule has 0 aromatic rings. The Morgan fingerprint density at radius 1 is 1.31 bits per heavy atom. The third-order valence-corrected chi connectivity index (χ3v) is 2.57. The van der Waals surface area contributed by atoms with Crippen LogP contribution < -0.4 is 0 Å². The van der Waals surface area contributed by atoms with Gasteiger partial charge in [0.15, 0.2) is 0 Å². The van der Waals surface area contributed by atoms with Gasteiger partial charge in [0.2, 0.25) is 11.8 Å². The van der Waals surface area contributed by atoms with E-state index in [-0.39, 0.29) is 11.8 Å². The molecule has 0 radical (unpaired) electrons. The van der Waals surface area contributed by atoms with Crippen LogP contribution >= 0.6 is 0 Å². The van der Waals surface area contributed by atoms with E-state index in [0.29, 0.717) is 25.3 Å². The minimum atomic E-state index is 0.0107. The van der Waals surface area contributed by atoms with Crippen LogP contribution in [0.2, 0.25) is 0 Å². The highest BCUT2D eigenvalue weighted by Gasteiger charge is 2.26. The molecular formula is C10H17NO2. The molecule has 0 spiro atoms. The van der Waals surface area contributed by atoms with E-state index in [1.165, 1.54) is 4.90 Å². The van der Waals surface area contributed by atoms with Gasteiger partial charge in [0.05, 0.1) is 0 Å². The van der Waals surface area contributed by atoms with Crippen molar-refractivity contribution in [3.05, 3.63) is 0 Å². The molecule has 3 nitrogen and oxygen atoms in total. The number of carbonyl (C=O) groups is 2. The fourth-order valence-electron chi connectivity index (χ4n) is 1.44. The lowest BCUT2D eigenvalue weighted by Gasteiger charge is -2.27. The van der Waals surface area contributed by atoms with E-state index < -0.39 is 0 Å². The Morgan fingerprint density at radius 2 is 1.85 bits per heavy atom. The number of hydrogen-bond acceptors (Lipinski definition) is 2. The molecule has 0 N–H and O–H groups in total. The first-order chi connectivity index (χ1) is 6.15. The van der Waals surface area contributed by atoms with Gasteiger partial charge >= 0.3 is 0 Å². The van der Waals surface area contributed by atoms with Crippen molar-refractivity contribution in [3.63, 3.8) is 0 Å². The summed E-state index contributed by atoms with van der Waals surface area (Å²) < 4.78 is 0. The molecule has 1 aliphatic rings. The molecule has 13 heavy (non-hydrogen) atoms. The molecule has 1 aliphatic heterocycles. The molecule has 0 aromatic carbocycles. The highest BCUT2D eigenvalue weighted by atomic mass is 16.2. The van der Waals surface area contributed by atoms with Crippen molar-refractivity contribution in [1.82, 2.24) is 4.90 Å². The summed E-state index contributed by atoms with van der Waals surface area (Å²) in [4.78, 5) is 24.2. The third kappa shape index (κ3) is 2.54. The first kappa shape index (κ1) is 10.2. The molecule has 0 saturated carbocycles. The molecule has 0 bridgehead atoms. The first-order valence-corrected chi connectivity index (χ1v) is 4.98. The monoisotopic (exact) mass is 183 g/mol. The van der Waals surface area contributed by atoms with Crippen molar-refractivity contribution in [2.75, 3.05) is 6.54 Å². The largest absolute Gasteiger partial charge is 0.282 e. The summed E-state index contributed by atoms with van der Waals surface area (Å²) in [5, 5.41) is 0. The van der Waals surface area contributed by atoms with Crippen molar-refractivity contribution in [1.29, 1.82) is 0 Å². The first-order valence-electron chi connectivity index (χ1n) is 4.98. The molecule has 2 amide bonds. The van der Waals surface area contributed by atoms with E-state index >= 15 is 0 Å². The normalized spacial score (nSPS) is 20.6. The van der Waals surface area contributed by atoms with Crippen molar-refractivity contribution in [2.45, 2.75) is 39.5 Å². The summed E-state index contributed by atoms with van der Waals surface area (Å²) in [7, 11) is 0. The molecule has 0 aromatic heterocycles. The predicted octanol–water partition coefficient (Wildman–Crippen LogP) is 1.57. The van der Waals surface area contributed by atoms with Gasteiger partial charge < -0.3 is 0 Å². The van der Waals surface area contributed by atoms with Gasteiger partial charge in [0, 0.05) is 19.4 Å². The van der Waals surface area contributed by atoms with E-state index in [2.05, 4.69) is 13.8 Å². The van der Waals surface area contributed by atoms with E-state index in [1.54, 1.807) is 0 Å². The molecule has 1 unspecified atom stereocenters. The minimum absolute atomic E-state index is 0.0107. The average Bonchev–Trinajstić information content (AvgIpc) is 2.11. The Morgan fingerprint density at radius 3 is 2.31 bits per heavy atom. The van der Waals surface area contributed by atoms with Crippen LogP contribution in [-0.2, 0) is 9.59 Å². The number of rotatable bonds is 3. The topological polar surface area (TPSA) is 37.4 Å². The van der Waals surface area contributed by atoms with Gasteiger partial charge in [-0.15, -0.1) is 0 Å². The molecule has 0 aliphatic carbocycles. The quantitative estimate of drug-likeness (QED) is 0.623. The summed E-state index contributed by atoms with van der Waals surface area (Å²) in [5.74, 6) is 0.444. The Balaban J connectivity index is 2.54. The molecule has 3 heteroatoms. The second-order valence-corrected chi connectivity index (χ2v) is 3.77. The SMILES string of the molecule is CCC(C)CN1C(=O)CCCC1=O. The molecule has 1 heterocycles. The second-order valence-electron chi connectivity index (χ2n) is 3.77. The van der Waals surface area contributed by atoms with Gasteiger partial charge in [-0.25, -0.2) is 0 Å². The fraction of sp³-hybridized carbons (Fsp3) is 0.800. The van der Waals surface area contributed by atoms with Gasteiger partial charge in [-0.2, -0.15) is 0 Å². The minimum Gasteiger partial charge on any atom is -0.282 e. The van der Waals surface area contributed by atoms with Crippen LogP contribution in [0.25, 0.3) is 0 Å². The number of hydrogen-bond donors (Lipinski definition) is 0. The zero-order chi connectivity index (χ0) is 9.84. The van der Waals surface area contributed by atoms with Crippen molar-refractivity contribution < 1.29 is 9.59 Å². The van der Waals surface area contributed by atoms with Crippen LogP contribution in [0, 0.1) is 5.92 Å². The number of amides is 2. The van der Waals surface area contributed by atoms with Crippen molar-refractivity contribution >= 4 is 11.8 Å². The number of likely N-dealkylation sites (tertiary alicyclic amines) is 1. The fourth-order valence-corrected chi connectivity index (χ4v) is 1.44. The van der Waals surface area contributed by atoms with E-state index in [0.717, 1.165) is 12.8 Å². The number of nitrogens with zero attached hydrogens (tertiary/aromatic N) is 1. The van der Waals surface area contributed by atoms with E-state index in [9.17, 15) is 9.59 Å². The highest BCUT2D eigenvalue weighted by molar-refractivity contribution is 5.97. The Kier molecular flexibility index (Phi) is 3.46. The Labute approximate surface area is 79.1 Å². The lowest BCUT2D eigenvalue weighted by Crippen LogP contribution is -2.42. The lowest BCUT2D eigenvalue weighted by molar-refractivity contribution is -0.148. The van der Waals surface area contributed by atoms with Crippen molar-refractivity contribution in [3.8, 4) is 0 Å². The maximum Gasteiger partial charge on any atom is 0.229 e. The number of piperidine rings is 1. The molecule has 1 saturated heterocycles. The van der Waals surface area contributed by atoms with Crippen molar-refractivity contribution in [2.24, 2.45) is 5.92 Å². The maximum absolute atomic E-state index is 11.4. The van der Waals surface area contributed by atoms with Crippen LogP contribution in [0.1, 0.15) is 39.5 Å². The molecule has 74 valence electrons. The Bertz CT molecular complexity index is 197. The summed E-state index contributed by atoms with van der Waals surface area (Å²) in [5.41, 5.74) is 0. The van der Waals surface area contributed by atoms with E-state index in [1.807, 2.05) is 0 Å². The summed E-state index contributed by atoms with van der Waals surface area (Å²) in [6.07, 6.45) is 2.83. The van der Waals surface area contributed by atoms with Crippen LogP contribution in [0.5, 0.6) is 0 Å². The number of imide groups is 1. The van der Waals surface area contributed by atoms with E-state index in [4.69, 9.17) is 0 Å². The van der Waals surface area contributed by atoms with Gasteiger partial charge in [0.1, 0.15) is 0 Å². The zero-order valence-electron chi connectivity index (χ0n) is 8.38. The van der Waals surface area contributed by atoms with Gasteiger partial charge in [-0.1, -0.05) is 20.3 Å². The molecular weight excluding hydrogens is 166 g/mol. The van der Waals surface area contributed by atoms with Crippen LogP contribution in [0.3, 0.4) is 0 Å². The smallest absolute Gasteiger partial charge is 0.229 e. The summed E-state index contributed by atoms with van der Waals surface area (Å²) >= 11 is 0. The predicted molar refractivity (Wildman–Crippen MR) is 50.0 cm³/mol. The number of carbonyl (C=O) groups excluding carboxylic acids is 2. The van der Waals surface area contributed by atoms with Crippen LogP contribution in [-0.4, -0.2) is 23.3 Å². The maximum atomic E-state index is 11.4. The summed E-state index contributed by atoms with van der Waals surface area (Å²) in [6, 6.07) is 0. The second kappa shape index (κ2) is 4.40. The zero-order valence-corrected chi connectivity index (χ0v) is 8.38. The lowest BCUT2D eigenvalue weighted by atomic mass is 10.0. The van der Waals surface area contributed by atoms with Gasteiger partial charge in [0.25, 0.3) is 0 Å². The highest BCUT2D eigenvalue weighted by Crippen LogP contribution is 2.14. The standard InChI is InChI=1S/C10H17NO2/c1-3-8(2)7-11-9(12)5-4-6-10(11)13/h8H,3-7H2,1-2H3.